The van der Waals surface area contributed by atoms with Crippen LogP contribution in [0.4, 0.5) is 10.5 Å². The van der Waals surface area contributed by atoms with Crippen LogP contribution in [0.25, 0.3) is 0 Å². The Balaban J connectivity index is 2.78. The molecule has 1 rings (SSSR count). The quantitative estimate of drug-likeness (QED) is 0.843. The summed E-state index contributed by atoms with van der Waals surface area (Å²) in [7, 11) is 0. The molecule has 0 aliphatic heterocycles. The highest BCUT2D eigenvalue weighted by Gasteiger charge is 2.07. The summed E-state index contributed by atoms with van der Waals surface area (Å²) in [6.45, 7) is 9.23. The smallest absolute Gasteiger partial charge is 0.319 e. The highest BCUT2D eigenvalue weighted by Crippen LogP contribution is 2.26. The molecule has 100 valence electrons. The molecule has 0 unspecified atom stereocenters. The van der Waals surface area contributed by atoms with Crippen molar-refractivity contribution in [2.24, 2.45) is 0 Å². The van der Waals surface area contributed by atoms with E-state index in [1.54, 1.807) is 0 Å². The summed E-state index contributed by atoms with van der Waals surface area (Å²) in [5, 5.41) is 5.64. The zero-order valence-electron chi connectivity index (χ0n) is 11.6. The molecule has 1 aromatic carbocycles. The van der Waals surface area contributed by atoms with Crippen molar-refractivity contribution >= 4 is 11.7 Å². The van der Waals surface area contributed by atoms with E-state index < -0.39 is 0 Å². The number of benzene rings is 1. The number of ether oxygens (including phenoxy) is 1. The normalized spacial score (nSPS) is 10.0. The molecule has 0 bridgehead atoms. The number of carbonyl (C=O) groups excluding carboxylic acids is 1. The predicted molar refractivity (Wildman–Crippen MR) is 74.4 cm³/mol. The monoisotopic (exact) mass is 250 g/mol. The summed E-state index contributed by atoms with van der Waals surface area (Å²) in [4.78, 5) is 11.6. The number of carbonyl (C=O) groups is 1. The third-order valence-electron chi connectivity index (χ3n) is 2.61. The van der Waals surface area contributed by atoms with E-state index in [1.807, 2.05) is 39.8 Å². The van der Waals surface area contributed by atoms with Crippen LogP contribution in [-0.2, 0) is 0 Å². The van der Waals surface area contributed by atoms with Gasteiger partial charge in [0.25, 0.3) is 0 Å². The largest absolute Gasteiger partial charge is 0.494 e. The lowest BCUT2D eigenvalue weighted by molar-refractivity contribution is 0.252. The Morgan fingerprint density at radius 2 is 1.94 bits per heavy atom. The fraction of sp³-hybridized carbons (Fsp3) is 0.500. The Hall–Kier alpha value is -1.71. The van der Waals surface area contributed by atoms with E-state index in [4.69, 9.17) is 4.74 Å². The van der Waals surface area contributed by atoms with Crippen molar-refractivity contribution in [2.75, 3.05) is 18.5 Å². The Bertz CT molecular complexity index is 417. The molecule has 0 spiro atoms. The molecule has 0 aromatic heterocycles. The van der Waals surface area contributed by atoms with Crippen LogP contribution in [0, 0.1) is 13.8 Å². The van der Waals surface area contributed by atoms with Gasteiger partial charge in [-0.3, -0.25) is 0 Å². The minimum Gasteiger partial charge on any atom is -0.494 e. The Morgan fingerprint density at radius 1 is 1.22 bits per heavy atom. The first kappa shape index (κ1) is 14.4. The topological polar surface area (TPSA) is 50.4 Å². The average molecular weight is 250 g/mol. The highest BCUT2D eigenvalue weighted by atomic mass is 16.5. The SMILES string of the molecule is CCCNC(=O)Nc1cc(C)c(OCC)cc1C. The molecule has 0 saturated heterocycles. The molecule has 4 nitrogen and oxygen atoms in total. The van der Waals surface area contributed by atoms with E-state index in [1.165, 1.54) is 0 Å². The summed E-state index contributed by atoms with van der Waals surface area (Å²) in [5.74, 6) is 0.870. The minimum absolute atomic E-state index is 0.163. The number of amides is 2. The molecule has 0 heterocycles. The molecule has 18 heavy (non-hydrogen) atoms. The fourth-order valence-electron chi connectivity index (χ4n) is 1.64. The molecule has 0 radical (unpaired) electrons. The number of urea groups is 1. The van der Waals surface area contributed by atoms with Crippen LogP contribution in [0.15, 0.2) is 12.1 Å². The van der Waals surface area contributed by atoms with Crippen LogP contribution in [0.3, 0.4) is 0 Å². The Labute approximate surface area is 109 Å². The van der Waals surface area contributed by atoms with Gasteiger partial charge >= 0.3 is 6.03 Å². The highest BCUT2D eigenvalue weighted by molar-refractivity contribution is 5.90. The van der Waals surface area contributed by atoms with Gasteiger partial charge in [0.1, 0.15) is 5.75 Å². The summed E-state index contributed by atoms with van der Waals surface area (Å²) < 4.78 is 5.51. The second kappa shape index (κ2) is 6.89. The second-order valence-electron chi connectivity index (χ2n) is 4.25. The van der Waals surface area contributed by atoms with Gasteiger partial charge in [0.05, 0.1) is 6.61 Å². The van der Waals surface area contributed by atoms with Crippen LogP contribution in [0.1, 0.15) is 31.4 Å². The lowest BCUT2D eigenvalue weighted by Crippen LogP contribution is -2.29. The summed E-state index contributed by atoms with van der Waals surface area (Å²) in [5.41, 5.74) is 2.84. The Morgan fingerprint density at radius 3 is 2.56 bits per heavy atom. The van der Waals surface area contributed by atoms with E-state index in [0.717, 1.165) is 29.0 Å². The molecule has 0 aliphatic carbocycles. The van der Waals surface area contributed by atoms with Crippen LogP contribution in [0.2, 0.25) is 0 Å². The zero-order chi connectivity index (χ0) is 13.5. The van der Waals surface area contributed by atoms with Crippen LogP contribution in [0.5, 0.6) is 5.75 Å². The minimum atomic E-state index is -0.163. The summed E-state index contributed by atoms with van der Waals surface area (Å²) in [6, 6.07) is 3.73. The van der Waals surface area contributed by atoms with Gasteiger partial charge in [-0.15, -0.1) is 0 Å². The second-order valence-corrected chi connectivity index (χ2v) is 4.25. The molecule has 2 amide bonds. The molecule has 4 heteroatoms. The van der Waals surface area contributed by atoms with Crippen molar-refractivity contribution in [2.45, 2.75) is 34.1 Å². The van der Waals surface area contributed by atoms with Crippen molar-refractivity contribution in [3.8, 4) is 5.75 Å². The van der Waals surface area contributed by atoms with Gasteiger partial charge in [-0.25, -0.2) is 4.79 Å². The first-order valence-corrected chi connectivity index (χ1v) is 6.37. The molecule has 0 saturated carbocycles. The maximum atomic E-state index is 11.6. The molecular weight excluding hydrogens is 228 g/mol. The number of nitrogens with one attached hydrogen (secondary N) is 2. The fourth-order valence-corrected chi connectivity index (χ4v) is 1.64. The molecule has 2 N–H and O–H groups in total. The maximum Gasteiger partial charge on any atom is 0.319 e. The van der Waals surface area contributed by atoms with Crippen LogP contribution in [-0.4, -0.2) is 19.2 Å². The molecule has 0 aliphatic rings. The van der Waals surface area contributed by atoms with Crippen molar-refractivity contribution in [3.63, 3.8) is 0 Å². The van der Waals surface area contributed by atoms with Gasteiger partial charge < -0.3 is 15.4 Å². The van der Waals surface area contributed by atoms with E-state index in [0.29, 0.717) is 13.2 Å². The van der Waals surface area contributed by atoms with Gasteiger partial charge in [0, 0.05) is 12.2 Å². The van der Waals surface area contributed by atoms with E-state index >= 15 is 0 Å². The van der Waals surface area contributed by atoms with Crippen molar-refractivity contribution in [3.05, 3.63) is 23.3 Å². The average Bonchev–Trinajstić information content (AvgIpc) is 2.33. The lowest BCUT2D eigenvalue weighted by Gasteiger charge is -2.13. The summed E-state index contributed by atoms with van der Waals surface area (Å²) >= 11 is 0. The number of aryl methyl sites for hydroxylation is 2. The van der Waals surface area contributed by atoms with Gasteiger partial charge in [-0.2, -0.15) is 0 Å². The van der Waals surface area contributed by atoms with Crippen molar-refractivity contribution < 1.29 is 9.53 Å². The van der Waals surface area contributed by atoms with Crippen molar-refractivity contribution in [1.29, 1.82) is 0 Å². The molecule has 0 atom stereocenters. The summed E-state index contributed by atoms with van der Waals surface area (Å²) in [6.07, 6.45) is 0.925. The van der Waals surface area contributed by atoms with Crippen LogP contribution >= 0.6 is 0 Å². The number of hydrogen-bond donors (Lipinski definition) is 2. The first-order valence-electron chi connectivity index (χ1n) is 6.37. The zero-order valence-corrected chi connectivity index (χ0v) is 11.6. The first-order chi connectivity index (χ1) is 8.58. The van der Waals surface area contributed by atoms with Crippen LogP contribution < -0.4 is 15.4 Å². The van der Waals surface area contributed by atoms with Gasteiger partial charge in [0.2, 0.25) is 0 Å². The van der Waals surface area contributed by atoms with Gasteiger partial charge in [-0.05, 0) is 50.5 Å². The predicted octanol–water partition coefficient (Wildman–Crippen LogP) is 3.23. The van der Waals surface area contributed by atoms with Gasteiger partial charge in [-0.1, -0.05) is 6.92 Å². The number of hydrogen-bond acceptors (Lipinski definition) is 2. The van der Waals surface area contributed by atoms with E-state index in [9.17, 15) is 4.79 Å². The van der Waals surface area contributed by atoms with E-state index in [-0.39, 0.29) is 6.03 Å². The maximum absolute atomic E-state index is 11.6. The molecule has 0 fully saturated rings. The Kier molecular flexibility index (Phi) is 5.49. The van der Waals surface area contributed by atoms with E-state index in [2.05, 4.69) is 10.6 Å². The third kappa shape index (κ3) is 3.95. The number of rotatable bonds is 5. The number of anilines is 1. The standard InChI is InChI=1S/C14H22N2O2/c1-5-7-15-14(17)16-12-8-11(4)13(18-6-2)9-10(12)3/h8-9H,5-7H2,1-4H3,(H2,15,16,17). The van der Waals surface area contributed by atoms with Gasteiger partial charge in [0.15, 0.2) is 0 Å². The third-order valence-corrected chi connectivity index (χ3v) is 2.61. The molecule has 1 aromatic rings. The van der Waals surface area contributed by atoms with Crippen molar-refractivity contribution in [1.82, 2.24) is 5.32 Å². The molecular formula is C14H22N2O2. The lowest BCUT2D eigenvalue weighted by atomic mass is 10.1.